The largest absolute Gasteiger partial charge is 0.468 e. The molecular weight excluding hydrogens is 192 g/mol. The summed E-state index contributed by atoms with van der Waals surface area (Å²) in [6, 6.07) is 1.91. The SMILES string of the molecule is CCCNC(=O)CNCc1occc1C. The molecule has 0 saturated heterocycles. The molecular formula is C11H18N2O2. The zero-order chi connectivity index (χ0) is 11.1. The van der Waals surface area contributed by atoms with Crippen LogP contribution in [0.15, 0.2) is 16.7 Å². The topological polar surface area (TPSA) is 54.3 Å². The first-order valence-corrected chi connectivity index (χ1v) is 5.24. The van der Waals surface area contributed by atoms with Crippen molar-refractivity contribution in [3.05, 3.63) is 23.7 Å². The second-order valence-corrected chi connectivity index (χ2v) is 3.48. The molecule has 0 aliphatic rings. The average molecular weight is 210 g/mol. The first-order valence-electron chi connectivity index (χ1n) is 5.24. The van der Waals surface area contributed by atoms with Gasteiger partial charge in [-0.1, -0.05) is 6.92 Å². The Bertz CT molecular complexity index is 307. The van der Waals surface area contributed by atoms with Gasteiger partial charge in [-0.25, -0.2) is 0 Å². The van der Waals surface area contributed by atoms with E-state index in [4.69, 9.17) is 4.42 Å². The van der Waals surface area contributed by atoms with Crippen LogP contribution in [0, 0.1) is 6.92 Å². The van der Waals surface area contributed by atoms with E-state index in [-0.39, 0.29) is 5.91 Å². The van der Waals surface area contributed by atoms with E-state index >= 15 is 0 Å². The minimum Gasteiger partial charge on any atom is -0.468 e. The Hall–Kier alpha value is -1.29. The molecule has 0 atom stereocenters. The molecule has 0 aliphatic carbocycles. The maximum absolute atomic E-state index is 11.2. The number of amides is 1. The Labute approximate surface area is 90.0 Å². The molecule has 1 amide bonds. The number of nitrogens with one attached hydrogen (secondary N) is 2. The highest BCUT2D eigenvalue weighted by Crippen LogP contribution is 2.07. The van der Waals surface area contributed by atoms with Crippen LogP contribution >= 0.6 is 0 Å². The molecule has 1 rings (SSSR count). The summed E-state index contributed by atoms with van der Waals surface area (Å²) in [7, 11) is 0. The monoisotopic (exact) mass is 210 g/mol. The van der Waals surface area contributed by atoms with Crippen molar-refractivity contribution >= 4 is 5.91 Å². The minimum atomic E-state index is 0.0288. The van der Waals surface area contributed by atoms with Crippen molar-refractivity contribution in [2.45, 2.75) is 26.8 Å². The molecule has 0 aliphatic heterocycles. The van der Waals surface area contributed by atoms with Gasteiger partial charge in [0.2, 0.25) is 5.91 Å². The summed E-state index contributed by atoms with van der Waals surface area (Å²) in [5.41, 5.74) is 1.11. The summed E-state index contributed by atoms with van der Waals surface area (Å²) < 4.78 is 5.23. The summed E-state index contributed by atoms with van der Waals surface area (Å²) in [5.74, 6) is 0.916. The van der Waals surface area contributed by atoms with E-state index in [0.717, 1.165) is 24.3 Å². The third-order valence-corrected chi connectivity index (χ3v) is 2.11. The number of carbonyl (C=O) groups is 1. The van der Waals surface area contributed by atoms with Gasteiger partial charge in [-0.05, 0) is 25.0 Å². The fourth-order valence-electron chi connectivity index (χ4n) is 1.20. The van der Waals surface area contributed by atoms with Crippen molar-refractivity contribution in [2.24, 2.45) is 0 Å². The number of rotatable bonds is 6. The van der Waals surface area contributed by atoms with Gasteiger partial charge < -0.3 is 15.1 Å². The molecule has 0 fully saturated rings. The fourth-order valence-corrected chi connectivity index (χ4v) is 1.20. The molecule has 0 spiro atoms. The van der Waals surface area contributed by atoms with Gasteiger partial charge in [-0.2, -0.15) is 0 Å². The van der Waals surface area contributed by atoms with Crippen LogP contribution < -0.4 is 10.6 Å². The van der Waals surface area contributed by atoms with Gasteiger partial charge in [-0.15, -0.1) is 0 Å². The first kappa shape index (κ1) is 11.8. The third-order valence-electron chi connectivity index (χ3n) is 2.11. The van der Waals surface area contributed by atoms with E-state index < -0.39 is 0 Å². The van der Waals surface area contributed by atoms with Gasteiger partial charge in [0.25, 0.3) is 0 Å². The van der Waals surface area contributed by atoms with E-state index in [2.05, 4.69) is 10.6 Å². The lowest BCUT2D eigenvalue weighted by Gasteiger charge is -2.04. The van der Waals surface area contributed by atoms with E-state index in [1.807, 2.05) is 19.9 Å². The first-order chi connectivity index (χ1) is 7.24. The molecule has 15 heavy (non-hydrogen) atoms. The number of carbonyl (C=O) groups excluding carboxylic acids is 1. The van der Waals surface area contributed by atoms with Crippen LogP contribution in [-0.4, -0.2) is 19.0 Å². The lowest BCUT2D eigenvalue weighted by atomic mass is 10.3. The maximum atomic E-state index is 11.2. The molecule has 4 nitrogen and oxygen atoms in total. The molecule has 1 aromatic heterocycles. The predicted octanol–water partition coefficient (Wildman–Crippen LogP) is 1.20. The van der Waals surface area contributed by atoms with E-state index in [9.17, 15) is 4.79 Å². The molecule has 0 unspecified atom stereocenters. The molecule has 0 radical (unpaired) electrons. The maximum Gasteiger partial charge on any atom is 0.233 e. The minimum absolute atomic E-state index is 0.0288. The molecule has 0 bridgehead atoms. The summed E-state index contributed by atoms with van der Waals surface area (Å²) in [6.07, 6.45) is 2.62. The van der Waals surface area contributed by atoms with Gasteiger partial charge in [0.05, 0.1) is 19.4 Å². The van der Waals surface area contributed by atoms with Crippen LogP contribution in [0.5, 0.6) is 0 Å². The van der Waals surface area contributed by atoms with Crippen LogP contribution in [0.3, 0.4) is 0 Å². The molecule has 0 aromatic carbocycles. The Morgan fingerprint density at radius 3 is 2.93 bits per heavy atom. The predicted molar refractivity (Wildman–Crippen MR) is 58.5 cm³/mol. The van der Waals surface area contributed by atoms with Crippen molar-refractivity contribution in [3.8, 4) is 0 Å². The van der Waals surface area contributed by atoms with Crippen LogP contribution in [0.1, 0.15) is 24.7 Å². The summed E-state index contributed by atoms with van der Waals surface area (Å²) >= 11 is 0. The number of hydrogen-bond donors (Lipinski definition) is 2. The number of hydrogen-bond acceptors (Lipinski definition) is 3. The molecule has 0 saturated carbocycles. The Kier molecular flexibility index (Phi) is 4.90. The van der Waals surface area contributed by atoms with E-state index in [1.54, 1.807) is 6.26 Å². The molecule has 1 aromatic rings. The lowest BCUT2D eigenvalue weighted by molar-refractivity contribution is -0.120. The van der Waals surface area contributed by atoms with E-state index in [0.29, 0.717) is 13.1 Å². The van der Waals surface area contributed by atoms with Crippen molar-refractivity contribution in [2.75, 3.05) is 13.1 Å². The van der Waals surface area contributed by atoms with Crippen molar-refractivity contribution in [1.82, 2.24) is 10.6 Å². The van der Waals surface area contributed by atoms with Crippen LogP contribution in [0.25, 0.3) is 0 Å². The molecule has 84 valence electrons. The number of aryl methyl sites for hydroxylation is 1. The highest BCUT2D eigenvalue weighted by Gasteiger charge is 2.03. The van der Waals surface area contributed by atoms with Crippen molar-refractivity contribution < 1.29 is 9.21 Å². The van der Waals surface area contributed by atoms with E-state index in [1.165, 1.54) is 0 Å². The van der Waals surface area contributed by atoms with Gasteiger partial charge in [0.15, 0.2) is 0 Å². The fraction of sp³-hybridized carbons (Fsp3) is 0.545. The van der Waals surface area contributed by atoms with Crippen molar-refractivity contribution in [3.63, 3.8) is 0 Å². The quantitative estimate of drug-likeness (QED) is 0.742. The smallest absolute Gasteiger partial charge is 0.233 e. The van der Waals surface area contributed by atoms with Crippen molar-refractivity contribution in [1.29, 1.82) is 0 Å². The average Bonchev–Trinajstić information content (AvgIpc) is 2.61. The van der Waals surface area contributed by atoms with Crippen LogP contribution in [0.2, 0.25) is 0 Å². The van der Waals surface area contributed by atoms with Crippen LogP contribution in [-0.2, 0) is 11.3 Å². The Morgan fingerprint density at radius 2 is 2.33 bits per heavy atom. The zero-order valence-electron chi connectivity index (χ0n) is 9.30. The number of furan rings is 1. The molecule has 1 heterocycles. The molecule has 2 N–H and O–H groups in total. The Balaban J connectivity index is 2.16. The lowest BCUT2D eigenvalue weighted by Crippen LogP contribution is -2.33. The summed E-state index contributed by atoms with van der Waals surface area (Å²) in [5, 5.41) is 5.83. The van der Waals surface area contributed by atoms with Gasteiger partial charge >= 0.3 is 0 Å². The van der Waals surface area contributed by atoms with Crippen LogP contribution in [0.4, 0.5) is 0 Å². The second-order valence-electron chi connectivity index (χ2n) is 3.48. The zero-order valence-corrected chi connectivity index (χ0v) is 9.30. The summed E-state index contributed by atoms with van der Waals surface area (Å²) in [4.78, 5) is 11.2. The highest BCUT2D eigenvalue weighted by molar-refractivity contribution is 5.77. The highest BCUT2D eigenvalue weighted by atomic mass is 16.3. The second kappa shape index (κ2) is 6.24. The third kappa shape index (κ3) is 4.16. The summed E-state index contributed by atoms with van der Waals surface area (Å²) in [6.45, 7) is 5.68. The van der Waals surface area contributed by atoms with Gasteiger partial charge in [-0.3, -0.25) is 4.79 Å². The standard InChI is InChI=1S/C11H18N2O2/c1-3-5-13-11(14)8-12-7-10-9(2)4-6-15-10/h4,6,12H,3,5,7-8H2,1-2H3,(H,13,14). The Morgan fingerprint density at radius 1 is 1.53 bits per heavy atom. The van der Waals surface area contributed by atoms with Gasteiger partial charge in [0.1, 0.15) is 5.76 Å². The molecule has 4 heteroatoms. The normalized spacial score (nSPS) is 10.3. The van der Waals surface area contributed by atoms with Gasteiger partial charge in [0, 0.05) is 6.54 Å².